The summed E-state index contributed by atoms with van der Waals surface area (Å²) in [6, 6.07) is 33.3. The first-order valence-corrected chi connectivity index (χ1v) is 16.5. The average Bonchev–Trinajstić information content (AvgIpc) is 3.11. The highest BCUT2D eigenvalue weighted by molar-refractivity contribution is 5.92. The van der Waals surface area contributed by atoms with Crippen LogP contribution in [0.1, 0.15) is 22.3 Å². The molecule has 0 radical (unpaired) electrons. The molecule has 2 fully saturated rings. The molecule has 252 valence electrons. The summed E-state index contributed by atoms with van der Waals surface area (Å²) in [5, 5.41) is 16.2. The van der Waals surface area contributed by atoms with E-state index in [0.29, 0.717) is 19.6 Å². The Kier molecular flexibility index (Phi) is 10.2. The van der Waals surface area contributed by atoms with Gasteiger partial charge >= 0.3 is 6.03 Å². The van der Waals surface area contributed by atoms with Gasteiger partial charge in [0.25, 0.3) is 0 Å². The molecule has 2 saturated heterocycles. The normalized spacial score (nSPS) is 17.9. The smallest absolute Gasteiger partial charge is 0.334 e. The Balaban J connectivity index is 1.34. The maximum Gasteiger partial charge on any atom is 0.334 e. The molecule has 10 nitrogen and oxygen atoms in total. The molecule has 4 aromatic carbocycles. The van der Waals surface area contributed by atoms with Gasteiger partial charge in [-0.25, -0.2) is 14.8 Å². The molecule has 2 unspecified atom stereocenters. The Labute approximate surface area is 287 Å². The number of hydrazine groups is 1. The van der Waals surface area contributed by atoms with Crippen molar-refractivity contribution in [2.75, 3.05) is 31.6 Å². The molecular formula is C39H42N6O4. The molecule has 4 amide bonds. The van der Waals surface area contributed by atoms with Gasteiger partial charge in [0.05, 0.1) is 13.1 Å². The molecule has 4 aromatic rings. The molecule has 2 aliphatic heterocycles. The van der Waals surface area contributed by atoms with Crippen LogP contribution in [-0.4, -0.2) is 81.7 Å². The average molecular weight is 659 g/mol. The lowest BCUT2D eigenvalue weighted by Gasteiger charge is -2.55. The number of phenolic OH excluding ortho intramolecular Hbond substituents is 1. The van der Waals surface area contributed by atoms with E-state index in [1.165, 1.54) is 5.56 Å². The van der Waals surface area contributed by atoms with Gasteiger partial charge < -0.3 is 25.1 Å². The molecule has 10 heteroatoms. The number of para-hydroxylation sites is 1. The van der Waals surface area contributed by atoms with E-state index in [9.17, 15) is 19.5 Å². The molecule has 0 aromatic heterocycles. The third kappa shape index (κ3) is 7.60. The van der Waals surface area contributed by atoms with Crippen molar-refractivity contribution in [3.05, 3.63) is 144 Å². The van der Waals surface area contributed by atoms with E-state index < -0.39 is 12.2 Å². The Bertz CT molecular complexity index is 1770. The van der Waals surface area contributed by atoms with E-state index in [1.807, 2.05) is 79.8 Å². The van der Waals surface area contributed by atoms with Gasteiger partial charge in [-0.05, 0) is 40.5 Å². The SMILES string of the molecule is C=CCN1CC(=O)N2C(Cc3ccc(O)cc3)C(=O)N(Cc3ccccc3N(C)Cc3ccccc3)CC2N1C(=O)NCc1ccccc1. The number of urea groups is 1. The third-order valence-electron chi connectivity index (χ3n) is 9.06. The highest BCUT2D eigenvalue weighted by Gasteiger charge is 2.51. The lowest BCUT2D eigenvalue weighted by molar-refractivity contribution is -0.189. The summed E-state index contributed by atoms with van der Waals surface area (Å²) in [6.07, 6.45) is 1.14. The van der Waals surface area contributed by atoms with E-state index in [0.717, 1.165) is 22.4 Å². The zero-order valence-corrected chi connectivity index (χ0v) is 27.7. The minimum absolute atomic E-state index is 0.0756. The van der Waals surface area contributed by atoms with Gasteiger partial charge in [0.1, 0.15) is 18.0 Å². The summed E-state index contributed by atoms with van der Waals surface area (Å²) in [6.45, 7) is 5.48. The molecule has 2 N–H and O–H groups in total. The van der Waals surface area contributed by atoms with Gasteiger partial charge in [-0.3, -0.25) is 9.59 Å². The quantitative estimate of drug-likeness (QED) is 0.226. The Morgan fingerprint density at radius 3 is 2.24 bits per heavy atom. The first-order valence-electron chi connectivity index (χ1n) is 16.5. The molecule has 0 saturated carbocycles. The van der Waals surface area contributed by atoms with Crippen molar-refractivity contribution in [2.24, 2.45) is 0 Å². The van der Waals surface area contributed by atoms with E-state index in [2.05, 4.69) is 28.9 Å². The molecule has 0 aliphatic carbocycles. The van der Waals surface area contributed by atoms with Gasteiger partial charge in [0, 0.05) is 45.3 Å². The lowest BCUT2D eigenvalue weighted by atomic mass is 9.98. The Hall–Kier alpha value is -5.61. The number of carbonyl (C=O) groups is 3. The van der Waals surface area contributed by atoms with Crippen LogP contribution in [0.3, 0.4) is 0 Å². The number of amides is 4. The van der Waals surface area contributed by atoms with Crippen LogP contribution in [0, 0.1) is 0 Å². The molecule has 49 heavy (non-hydrogen) atoms. The van der Waals surface area contributed by atoms with Crippen LogP contribution in [0.15, 0.2) is 122 Å². The maximum atomic E-state index is 14.5. The monoisotopic (exact) mass is 658 g/mol. The molecule has 0 spiro atoms. The second-order valence-corrected chi connectivity index (χ2v) is 12.5. The van der Waals surface area contributed by atoms with Gasteiger partial charge in [0.15, 0.2) is 0 Å². The third-order valence-corrected chi connectivity index (χ3v) is 9.06. The highest BCUT2D eigenvalue weighted by Crippen LogP contribution is 2.31. The first-order chi connectivity index (χ1) is 23.8. The topological polar surface area (TPSA) is 99.7 Å². The fourth-order valence-corrected chi connectivity index (χ4v) is 6.72. The number of benzene rings is 4. The number of nitrogens with zero attached hydrogens (tertiary/aromatic N) is 5. The van der Waals surface area contributed by atoms with E-state index in [4.69, 9.17) is 0 Å². The van der Waals surface area contributed by atoms with Gasteiger partial charge in [-0.15, -0.1) is 6.58 Å². The van der Waals surface area contributed by atoms with Crippen LogP contribution in [0.2, 0.25) is 0 Å². The van der Waals surface area contributed by atoms with Gasteiger partial charge in [-0.1, -0.05) is 97.1 Å². The van der Waals surface area contributed by atoms with Crippen molar-refractivity contribution in [1.82, 2.24) is 25.1 Å². The number of hydrogen-bond donors (Lipinski definition) is 2. The number of phenols is 1. The second-order valence-electron chi connectivity index (χ2n) is 12.5. The van der Waals surface area contributed by atoms with Gasteiger partial charge in [0.2, 0.25) is 11.8 Å². The predicted octanol–water partition coefficient (Wildman–Crippen LogP) is 4.77. The fourth-order valence-electron chi connectivity index (χ4n) is 6.72. The number of fused-ring (bicyclic) bond motifs is 1. The van der Waals surface area contributed by atoms with Crippen molar-refractivity contribution in [1.29, 1.82) is 0 Å². The zero-order chi connectivity index (χ0) is 34.3. The fraction of sp³-hybridized carbons (Fsp3) is 0.256. The lowest BCUT2D eigenvalue weighted by Crippen LogP contribution is -2.76. The Morgan fingerprint density at radius 2 is 1.55 bits per heavy atom. The summed E-state index contributed by atoms with van der Waals surface area (Å²) >= 11 is 0. The molecule has 2 heterocycles. The van der Waals surface area contributed by atoms with Crippen molar-refractivity contribution in [3.8, 4) is 5.75 Å². The zero-order valence-electron chi connectivity index (χ0n) is 27.7. The summed E-state index contributed by atoms with van der Waals surface area (Å²) in [5.74, 6) is -0.316. The summed E-state index contributed by atoms with van der Waals surface area (Å²) < 4.78 is 0. The summed E-state index contributed by atoms with van der Waals surface area (Å²) in [7, 11) is 2.03. The minimum atomic E-state index is -0.861. The van der Waals surface area contributed by atoms with Gasteiger partial charge in [-0.2, -0.15) is 0 Å². The van der Waals surface area contributed by atoms with E-state index in [-0.39, 0.29) is 49.7 Å². The minimum Gasteiger partial charge on any atom is -0.508 e. The first kappa shape index (κ1) is 33.3. The summed E-state index contributed by atoms with van der Waals surface area (Å²) in [4.78, 5) is 48.0. The number of aromatic hydroxyl groups is 1. The molecule has 2 atom stereocenters. The molecule has 0 bridgehead atoms. The predicted molar refractivity (Wildman–Crippen MR) is 189 cm³/mol. The van der Waals surface area contributed by atoms with Crippen molar-refractivity contribution >= 4 is 23.5 Å². The van der Waals surface area contributed by atoms with Crippen molar-refractivity contribution in [2.45, 2.75) is 38.3 Å². The summed E-state index contributed by atoms with van der Waals surface area (Å²) in [5.41, 5.74) is 4.84. The highest BCUT2D eigenvalue weighted by atomic mass is 16.3. The number of hydrogen-bond acceptors (Lipinski definition) is 6. The maximum absolute atomic E-state index is 14.5. The van der Waals surface area contributed by atoms with Crippen LogP contribution in [0.5, 0.6) is 5.75 Å². The van der Waals surface area contributed by atoms with E-state index >= 15 is 0 Å². The van der Waals surface area contributed by atoms with Crippen molar-refractivity contribution < 1.29 is 19.5 Å². The number of anilines is 1. The van der Waals surface area contributed by atoms with Crippen molar-refractivity contribution in [3.63, 3.8) is 0 Å². The van der Waals surface area contributed by atoms with E-state index in [1.54, 1.807) is 50.2 Å². The number of piperazine rings is 1. The standard InChI is InChI=1S/C39H42N6O4/c1-3-22-43-28-37(47)44-35(23-29-18-20-33(46)21-19-29)38(48)42(27-36(44)45(43)39(49)40-24-30-12-6-4-7-13-30)26-32-16-10-11-17-34(32)41(2)25-31-14-8-5-9-15-31/h3-21,35-36,46H,1,22-28H2,2H3,(H,40,49). The van der Waals surface area contributed by atoms with Crippen LogP contribution >= 0.6 is 0 Å². The number of rotatable bonds is 11. The molecule has 2 aliphatic rings. The largest absolute Gasteiger partial charge is 0.508 e. The van der Waals surface area contributed by atoms with Crippen LogP contribution in [-0.2, 0) is 35.6 Å². The molecule has 6 rings (SSSR count). The van der Waals surface area contributed by atoms with Crippen LogP contribution < -0.4 is 10.2 Å². The van der Waals surface area contributed by atoms with Crippen LogP contribution in [0.4, 0.5) is 10.5 Å². The number of carbonyl (C=O) groups excluding carboxylic acids is 3. The second kappa shape index (κ2) is 15.1. The Morgan fingerprint density at radius 1 is 0.898 bits per heavy atom. The number of nitrogens with one attached hydrogen (secondary N) is 1. The van der Waals surface area contributed by atoms with Crippen LogP contribution in [0.25, 0.3) is 0 Å². The molecular weight excluding hydrogens is 616 g/mol.